The molecule has 0 spiro atoms. The molecule has 0 aromatic carbocycles. The van der Waals surface area contributed by atoms with Gasteiger partial charge in [0.05, 0.1) is 5.69 Å². The SMILES string of the molecule is COC(O)c1[nH]ccc1C. The van der Waals surface area contributed by atoms with E-state index in [0.29, 0.717) is 0 Å². The van der Waals surface area contributed by atoms with Crippen molar-refractivity contribution in [2.24, 2.45) is 0 Å². The van der Waals surface area contributed by atoms with Gasteiger partial charge in [-0.3, -0.25) is 0 Å². The Balaban J connectivity index is 2.82. The van der Waals surface area contributed by atoms with E-state index in [1.807, 2.05) is 13.0 Å². The van der Waals surface area contributed by atoms with Crippen LogP contribution in [0.3, 0.4) is 0 Å². The Labute approximate surface area is 59.6 Å². The lowest BCUT2D eigenvalue weighted by atomic mass is 10.3. The highest BCUT2D eigenvalue weighted by molar-refractivity contribution is 5.19. The van der Waals surface area contributed by atoms with E-state index in [9.17, 15) is 0 Å². The van der Waals surface area contributed by atoms with E-state index in [2.05, 4.69) is 4.98 Å². The lowest BCUT2D eigenvalue weighted by Gasteiger charge is -2.06. The number of H-pyrrole nitrogens is 1. The highest BCUT2D eigenvalue weighted by Gasteiger charge is 2.08. The smallest absolute Gasteiger partial charge is 0.196 e. The first-order valence-corrected chi connectivity index (χ1v) is 3.10. The Bertz CT molecular complexity index is 207. The third-order valence-electron chi connectivity index (χ3n) is 1.47. The third kappa shape index (κ3) is 1.20. The molecule has 1 atom stereocenters. The second-order valence-electron chi connectivity index (χ2n) is 2.16. The van der Waals surface area contributed by atoms with E-state index >= 15 is 0 Å². The molecular weight excluding hydrogens is 130 g/mol. The van der Waals surface area contributed by atoms with Crippen LogP contribution in [0, 0.1) is 6.92 Å². The van der Waals surface area contributed by atoms with Crippen LogP contribution in [0.5, 0.6) is 0 Å². The summed E-state index contributed by atoms with van der Waals surface area (Å²) in [6, 6.07) is 1.89. The summed E-state index contributed by atoms with van der Waals surface area (Å²) in [4.78, 5) is 2.88. The van der Waals surface area contributed by atoms with Crippen molar-refractivity contribution >= 4 is 0 Å². The number of hydrogen-bond acceptors (Lipinski definition) is 2. The average molecular weight is 141 g/mol. The highest BCUT2D eigenvalue weighted by atomic mass is 16.6. The second kappa shape index (κ2) is 2.86. The van der Waals surface area contributed by atoms with E-state index in [-0.39, 0.29) is 0 Å². The third-order valence-corrected chi connectivity index (χ3v) is 1.47. The van der Waals surface area contributed by atoms with Gasteiger partial charge in [-0.1, -0.05) is 0 Å². The molecule has 0 radical (unpaired) electrons. The minimum atomic E-state index is -0.824. The predicted molar refractivity (Wildman–Crippen MR) is 37.5 cm³/mol. The molecule has 1 aromatic heterocycles. The molecule has 1 unspecified atom stereocenters. The largest absolute Gasteiger partial charge is 0.363 e. The van der Waals surface area contributed by atoms with Gasteiger partial charge in [0.25, 0.3) is 0 Å². The summed E-state index contributed by atoms with van der Waals surface area (Å²) in [5.74, 6) is 0. The molecule has 0 aliphatic carbocycles. The molecule has 3 heteroatoms. The van der Waals surface area contributed by atoms with Crippen molar-refractivity contribution in [1.82, 2.24) is 4.98 Å². The first-order valence-electron chi connectivity index (χ1n) is 3.10. The van der Waals surface area contributed by atoms with Gasteiger partial charge in [0, 0.05) is 13.3 Å². The van der Waals surface area contributed by atoms with Crippen LogP contribution in [0.2, 0.25) is 0 Å². The number of aromatic nitrogens is 1. The molecule has 56 valence electrons. The molecule has 0 aliphatic rings. The molecule has 0 fully saturated rings. The zero-order valence-electron chi connectivity index (χ0n) is 6.09. The van der Waals surface area contributed by atoms with Gasteiger partial charge in [-0.25, -0.2) is 0 Å². The van der Waals surface area contributed by atoms with Crippen LogP contribution >= 0.6 is 0 Å². The van der Waals surface area contributed by atoms with Gasteiger partial charge in [0.2, 0.25) is 0 Å². The van der Waals surface area contributed by atoms with Crippen LogP contribution in [-0.4, -0.2) is 17.2 Å². The molecular formula is C7H11NO2. The van der Waals surface area contributed by atoms with Gasteiger partial charge < -0.3 is 14.8 Å². The quantitative estimate of drug-likeness (QED) is 0.602. The van der Waals surface area contributed by atoms with E-state index in [1.165, 1.54) is 7.11 Å². The van der Waals surface area contributed by atoms with Gasteiger partial charge in [-0.05, 0) is 18.6 Å². The molecule has 0 saturated heterocycles. The number of rotatable bonds is 2. The lowest BCUT2D eigenvalue weighted by Crippen LogP contribution is -2.00. The van der Waals surface area contributed by atoms with Crippen LogP contribution in [0.1, 0.15) is 17.5 Å². The zero-order chi connectivity index (χ0) is 7.56. The number of aliphatic hydroxyl groups is 1. The van der Waals surface area contributed by atoms with E-state index < -0.39 is 6.29 Å². The van der Waals surface area contributed by atoms with Crippen molar-refractivity contribution in [2.45, 2.75) is 13.2 Å². The molecule has 0 saturated carbocycles. The summed E-state index contributed by atoms with van der Waals surface area (Å²) in [6.07, 6.45) is 0.947. The Morgan fingerprint density at radius 2 is 2.40 bits per heavy atom. The van der Waals surface area contributed by atoms with Gasteiger partial charge >= 0.3 is 0 Å². The number of aromatic amines is 1. The first kappa shape index (κ1) is 7.31. The zero-order valence-corrected chi connectivity index (χ0v) is 6.09. The Morgan fingerprint density at radius 3 is 2.80 bits per heavy atom. The minimum Gasteiger partial charge on any atom is -0.363 e. The van der Waals surface area contributed by atoms with Crippen molar-refractivity contribution in [3.05, 3.63) is 23.5 Å². The van der Waals surface area contributed by atoms with E-state index in [1.54, 1.807) is 6.20 Å². The van der Waals surface area contributed by atoms with Crippen molar-refractivity contribution in [2.75, 3.05) is 7.11 Å². The van der Waals surface area contributed by atoms with Crippen LogP contribution in [0.15, 0.2) is 12.3 Å². The maximum atomic E-state index is 9.15. The lowest BCUT2D eigenvalue weighted by molar-refractivity contribution is -0.0799. The molecule has 0 aliphatic heterocycles. The maximum Gasteiger partial charge on any atom is 0.196 e. The molecule has 1 aromatic rings. The van der Waals surface area contributed by atoms with Gasteiger partial charge in [0.15, 0.2) is 6.29 Å². The first-order chi connectivity index (χ1) is 4.75. The fraction of sp³-hybridized carbons (Fsp3) is 0.429. The standard InChI is InChI=1S/C7H11NO2/c1-5-3-4-8-6(5)7(9)10-2/h3-4,7-9H,1-2H3. The average Bonchev–Trinajstić information content (AvgIpc) is 2.34. The van der Waals surface area contributed by atoms with E-state index in [4.69, 9.17) is 9.84 Å². The molecule has 2 N–H and O–H groups in total. The summed E-state index contributed by atoms with van der Waals surface area (Å²) >= 11 is 0. The van der Waals surface area contributed by atoms with Gasteiger partial charge in [-0.15, -0.1) is 0 Å². The topological polar surface area (TPSA) is 45.2 Å². The number of aliphatic hydroxyl groups excluding tert-OH is 1. The number of hydrogen-bond donors (Lipinski definition) is 2. The summed E-state index contributed by atoms with van der Waals surface area (Å²) in [6.45, 7) is 1.91. The minimum absolute atomic E-state index is 0.725. The van der Waals surface area contributed by atoms with E-state index in [0.717, 1.165) is 11.3 Å². The second-order valence-corrected chi connectivity index (χ2v) is 2.16. The summed E-state index contributed by atoms with van der Waals surface area (Å²) in [7, 11) is 1.46. The molecule has 0 bridgehead atoms. The van der Waals surface area contributed by atoms with Crippen LogP contribution in [0.25, 0.3) is 0 Å². The number of aryl methyl sites for hydroxylation is 1. The van der Waals surface area contributed by atoms with Crippen LogP contribution in [0.4, 0.5) is 0 Å². The Hall–Kier alpha value is -0.800. The molecule has 0 amide bonds. The fourth-order valence-electron chi connectivity index (χ4n) is 0.844. The van der Waals surface area contributed by atoms with Crippen molar-refractivity contribution in [3.8, 4) is 0 Å². The molecule has 1 heterocycles. The van der Waals surface area contributed by atoms with Gasteiger partial charge in [0.1, 0.15) is 0 Å². The monoisotopic (exact) mass is 141 g/mol. The normalized spacial score (nSPS) is 13.5. The van der Waals surface area contributed by atoms with Crippen molar-refractivity contribution in [1.29, 1.82) is 0 Å². The predicted octanol–water partition coefficient (Wildman–Crippen LogP) is 0.960. The Morgan fingerprint density at radius 1 is 1.70 bits per heavy atom. The van der Waals surface area contributed by atoms with Gasteiger partial charge in [-0.2, -0.15) is 0 Å². The van der Waals surface area contributed by atoms with Crippen molar-refractivity contribution < 1.29 is 9.84 Å². The Kier molecular flexibility index (Phi) is 2.09. The van der Waals surface area contributed by atoms with Crippen LogP contribution in [-0.2, 0) is 4.74 Å². The molecule has 3 nitrogen and oxygen atoms in total. The fourth-order valence-corrected chi connectivity index (χ4v) is 0.844. The summed E-state index contributed by atoms with van der Waals surface area (Å²) in [5.41, 5.74) is 1.73. The number of ether oxygens (including phenoxy) is 1. The summed E-state index contributed by atoms with van der Waals surface area (Å²) in [5, 5.41) is 9.15. The summed E-state index contributed by atoms with van der Waals surface area (Å²) < 4.78 is 4.70. The molecule has 10 heavy (non-hydrogen) atoms. The van der Waals surface area contributed by atoms with Crippen LogP contribution < -0.4 is 0 Å². The maximum absolute atomic E-state index is 9.15. The number of nitrogens with one attached hydrogen (secondary N) is 1. The van der Waals surface area contributed by atoms with Crippen molar-refractivity contribution in [3.63, 3.8) is 0 Å². The highest BCUT2D eigenvalue weighted by Crippen LogP contribution is 2.14. The molecule has 1 rings (SSSR count). The number of methoxy groups -OCH3 is 1.